The molecular formula is C29H21ClFN3O2. The third-order valence-corrected chi connectivity index (χ3v) is 6.08. The molecule has 5 rings (SSSR count). The molecule has 0 aliphatic carbocycles. The van der Waals surface area contributed by atoms with Gasteiger partial charge in [-0.15, -0.1) is 0 Å². The van der Waals surface area contributed by atoms with E-state index in [1.54, 1.807) is 34.9 Å². The summed E-state index contributed by atoms with van der Waals surface area (Å²) in [5.41, 5.74) is 2.46. The van der Waals surface area contributed by atoms with Gasteiger partial charge in [0.05, 0.1) is 23.0 Å². The van der Waals surface area contributed by atoms with Gasteiger partial charge in [-0.25, -0.2) is 9.37 Å². The number of nitrogens with zero attached hydrogens (tertiary/aromatic N) is 2. The van der Waals surface area contributed by atoms with Gasteiger partial charge in [0.1, 0.15) is 11.6 Å². The van der Waals surface area contributed by atoms with Crippen LogP contribution in [0.25, 0.3) is 10.9 Å². The number of benzene rings is 4. The molecule has 0 saturated heterocycles. The van der Waals surface area contributed by atoms with Crippen LogP contribution in [-0.2, 0) is 13.0 Å². The van der Waals surface area contributed by atoms with Gasteiger partial charge >= 0.3 is 0 Å². The van der Waals surface area contributed by atoms with Crippen LogP contribution in [0.2, 0.25) is 5.02 Å². The zero-order valence-corrected chi connectivity index (χ0v) is 19.9. The van der Waals surface area contributed by atoms with Gasteiger partial charge in [0.15, 0.2) is 0 Å². The third-order valence-electron chi connectivity index (χ3n) is 5.84. The van der Waals surface area contributed by atoms with Crippen molar-refractivity contribution in [3.8, 4) is 0 Å². The molecule has 5 nitrogen and oxygen atoms in total. The SMILES string of the molecule is O=C(Nc1ccc2nc(Cc3ccccc3)n(Cc3cccc(Cl)c3)c(=O)c2c1)c1ccccc1F. The normalized spacial score (nSPS) is 10.9. The lowest BCUT2D eigenvalue weighted by Crippen LogP contribution is -2.26. The molecule has 0 bridgehead atoms. The molecule has 1 aromatic heterocycles. The lowest BCUT2D eigenvalue weighted by molar-refractivity contribution is 0.102. The Morgan fingerprint density at radius 3 is 2.42 bits per heavy atom. The summed E-state index contributed by atoms with van der Waals surface area (Å²) in [7, 11) is 0. The van der Waals surface area contributed by atoms with Crippen molar-refractivity contribution in [1.82, 2.24) is 9.55 Å². The molecule has 0 atom stereocenters. The molecule has 0 saturated carbocycles. The maximum absolute atomic E-state index is 14.0. The van der Waals surface area contributed by atoms with Crippen LogP contribution >= 0.6 is 11.6 Å². The van der Waals surface area contributed by atoms with Crippen molar-refractivity contribution >= 4 is 34.1 Å². The first-order valence-corrected chi connectivity index (χ1v) is 11.7. The van der Waals surface area contributed by atoms with Gasteiger partial charge in [-0.3, -0.25) is 14.2 Å². The second-order valence-corrected chi connectivity index (χ2v) is 8.81. The smallest absolute Gasteiger partial charge is 0.261 e. The number of hydrogen-bond acceptors (Lipinski definition) is 3. The predicted octanol–water partition coefficient (Wildman–Crippen LogP) is 6.08. The van der Waals surface area contributed by atoms with Gasteiger partial charge < -0.3 is 5.32 Å². The van der Waals surface area contributed by atoms with Crippen molar-refractivity contribution in [2.24, 2.45) is 0 Å². The summed E-state index contributed by atoms with van der Waals surface area (Å²) < 4.78 is 15.7. The van der Waals surface area contributed by atoms with Crippen LogP contribution in [0.5, 0.6) is 0 Å². The lowest BCUT2D eigenvalue weighted by atomic mass is 10.1. The summed E-state index contributed by atoms with van der Waals surface area (Å²) in [5.74, 6) is -0.603. The van der Waals surface area contributed by atoms with Crippen LogP contribution in [0.3, 0.4) is 0 Å². The van der Waals surface area contributed by atoms with E-state index in [1.807, 2.05) is 48.5 Å². The summed E-state index contributed by atoms with van der Waals surface area (Å²) in [5, 5.41) is 3.61. The van der Waals surface area contributed by atoms with Gasteiger partial charge in [-0.2, -0.15) is 0 Å². The fourth-order valence-electron chi connectivity index (χ4n) is 4.08. The Morgan fingerprint density at radius 1 is 0.889 bits per heavy atom. The van der Waals surface area contributed by atoms with Crippen LogP contribution < -0.4 is 10.9 Å². The van der Waals surface area contributed by atoms with E-state index in [0.29, 0.717) is 33.9 Å². The van der Waals surface area contributed by atoms with Gasteiger partial charge in [0.25, 0.3) is 11.5 Å². The van der Waals surface area contributed by atoms with E-state index in [1.165, 1.54) is 18.2 Å². The van der Waals surface area contributed by atoms with Crippen LogP contribution in [0.15, 0.2) is 102 Å². The van der Waals surface area contributed by atoms with Crippen molar-refractivity contribution in [3.05, 3.63) is 141 Å². The van der Waals surface area contributed by atoms with E-state index in [2.05, 4.69) is 5.32 Å². The largest absolute Gasteiger partial charge is 0.322 e. The van der Waals surface area contributed by atoms with E-state index in [0.717, 1.165) is 11.1 Å². The number of amides is 1. The predicted molar refractivity (Wildman–Crippen MR) is 140 cm³/mol. The topological polar surface area (TPSA) is 64.0 Å². The maximum atomic E-state index is 14.0. The van der Waals surface area contributed by atoms with Gasteiger partial charge in [0, 0.05) is 17.1 Å². The number of halogens is 2. The quantitative estimate of drug-likeness (QED) is 0.309. The second-order valence-electron chi connectivity index (χ2n) is 8.38. The molecule has 0 spiro atoms. The lowest BCUT2D eigenvalue weighted by Gasteiger charge is -2.15. The Balaban J connectivity index is 1.57. The minimum absolute atomic E-state index is 0.0766. The van der Waals surface area contributed by atoms with E-state index < -0.39 is 11.7 Å². The summed E-state index contributed by atoms with van der Waals surface area (Å²) >= 11 is 6.18. The fraction of sp³-hybridized carbons (Fsp3) is 0.0690. The van der Waals surface area contributed by atoms with E-state index in [9.17, 15) is 14.0 Å². The molecule has 5 aromatic rings. The highest BCUT2D eigenvalue weighted by Gasteiger charge is 2.15. The second kappa shape index (κ2) is 10.1. The zero-order chi connectivity index (χ0) is 25.1. The van der Waals surface area contributed by atoms with Gasteiger partial charge in [0.2, 0.25) is 0 Å². The average molecular weight is 498 g/mol. The number of aromatic nitrogens is 2. The number of carbonyl (C=O) groups excluding carboxylic acids is 1. The number of anilines is 1. The van der Waals surface area contributed by atoms with Gasteiger partial charge in [-0.1, -0.05) is 66.2 Å². The average Bonchev–Trinajstić information content (AvgIpc) is 2.87. The molecule has 1 N–H and O–H groups in total. The Bertz CT molecular complexity index is 1630. The zero-order valence-electron chi connectivity index (χ0n) is 19.1. The number of nitrogens with one attached hydrogen (secondary N) is 1. The van der Waals surface area contributed by atoms with Gasteiger partial charge in [-0.05, 0) is 53.6 Å². The highest BCUT2D eigenvalue weighted by atomic mass is 35.5. The molecule has 1 heterocycles. The molecule has 1 amide bonds. The Labute approximate surface area is 211 Å². The Morgan fingerprint density at radius 2 is 1.64 bits per heavy atom. The number of rotatable bonds is 6. The highest BCUT2D eigenvalue weighted by molar-refractivity contribution is 6.30. The van der Waals surface area contributed by atoms with Crippen molar-refractivity contribution in [3.63, 3.8) is 0 Å². The van der Waals surface area contributed by atoms with Crippen molar-refractivity contribution in [2.75, 3.05) is 5.32 Å². The Kier molecular flexibility index (Phi) is 6.60. The third kappa shape index (κ3) is 5.04. The van der Waals surface area contributed by atoms with E-state index in [4.69, 9.17) is 16.6 Å². The van der Waals surface area contributed by atoms with Crippen molar-refractivity contribution in [1.29, 1.82) is 0 Å². The standard InChI is InChI=1S/C29H21ClFN3O2/c30-21-10-6-9-20(15-21)18-34-27(16-19-7-2-1-3-8-19)33-26-14-13-22(17-24(26)29(34)36)32-28(35)23-11-4-5-12-25(23)31/h1-15,17H,16,18H2,(H,32,35). The summed E-state index contributed by atoms with van der Waals surface area (Å²) in [4.78, 5) is 31.1. The molecule has 0 aliphatic rings. The maximum Gasteiger partial charge on any atom is 0.261 e. The molecule has 0 radical (unpaired) electrons. The van der Waals surface area contributed by atoms with Crippen molar-refractivity contribution in [2.45, 2.75) is 13.0 Å². The number of fused-ring (bicyclic) bond motifs is 1. The highest BCUT2D eigenvalue weighted by Crippen LogP contribution is 2.20. The molecule has 4 aromatic carbocycles. The molecule has 178 valence electrons. The van der Waals surface area contributed by atoms with E-state index in [-0.39, 0.29) is 17.7 Å². The minimum atomic E-state index is -0.619. The monoisotopic (exact) mass is 497 g/mol. The molecular weight excluding hydrogens is 477 g/mol. The molecule has 0 aliphatic heterocycles. The number of carbonyl (C=O) groups is 1. The first-order chi connectivity index (χ1) is 17.5. The van der Waals surface area contributed by atoms with Crippen molar-refractivity contribution < 1.29 is 9.18 Å². The molecule has 0 unspecified atom stereocenters. The minimum Gasteiger partial charge on any atom is -0.322 e. The molecule has 0 fully saturated rings. The van der Waals surface area contributed by atoms with Crippen LogP contribution in [-0.4, -0.2) is 15.5 Å². The Hall–Kier alpha value is -4.29. The van der Waals surface area contributed by atoms with Crippen LogP contribution in [0.4, 0.5) is 10.1 Å². The molecule has 7 heteroatoms. The van der Waals surface area contributed by atoms with Crippen LogP contribution in [0.1, 0.15) is 27.3 Å². The summed E-state index contributed by atoms with van der Waals surface area (Å²) in [6.07, 6.45) is 0.471. The first-order valence-electron chi connectivity index (χ1n) is 11.4. The summed E-state index contributed by atoms with van der Waals surface area (Å²) in [6, 6.07) is 27.8. The fourth-order valence-corrected chi connectivity index (χ4v) is 4.30. The van der Waals surface area contributed by atoms with Crippen LogP contribution in [0, 0.1) is 5.82 Å². The first kappa shape index (κ1) is 23.5. The summed E-state index contributed by atoms with van der Waals surface area (Å²) in [6.45, 7) is 0.288. The number of hydrogen-bond donors (Lipinski definition) is 1. The molecule has 36 heavy (non-hydrogen) atoms. The van der Waals surface area contributed by atoms with E-state index >= 15 is 0 Å².